The van der Waals surface area contributed by atoms with Gasteiger partial charge in [-0.2, -0.15) is 0 Å². The minimum absolute atomic E-state index is 1.05. The van der Waals surface area contributed by atoms with Gasteiger partial charge >= 0.3 is 0 Å². The molecule has 0 unspecified atom stereocenters. The molecule has 1 aromatic carbocycles. The summed E-state index contributed by atoms with van der Waals surface area (Å²) in [5, 5.41) is 1.15. The molecule has 3 heteroatoms. The Labute approximate surface area is 95.4 Å². The van der Waals surface area contributed by atoms with E-state index in [-0.39, 0.29) is 0 Å². The molecule has 15 heavy (non-hydrogen) atoms. The number of rotatable bonds is 1. The Morgan fingerprint density at radius 3 is 2.80 bits per heavy atom. The van der Waals surface area contributed by atoms with Gasteiger partial charge in [0.05, 0.1) is 5.69 Å². The summed E-state index contributed by atoms with van der Waals surface area (Å²) >= 11 is 1.86. The lowest BCUT2D eigenvalue weighted by Gasteiger charge is -2.16. The van der Waals surface area contributed by atoms with Crippen LogP contribution in [0.5, 0.6) is 0 Å². The molecule has 80 valence electrons. The summed E-state index contributed by atoms with van der Waals surface area (Å²) in [5.74, 6) is 1.19. The van der Waals surface area contributed by atoms with Gasteiger partial charge in [0.15, 0.2) is 5.17 Å². The molecule has 1 saturated heterocycles. The minimum Gasteiger partial charge on any atom is -0.354 e. The van der Waals surface area contributed by atoms with E-state index in [0.717, 1.165) is 17.4 Å². The van der Waals surface area contributed by atoms with Crippen LogP contribution in [-0.2, 0) is 0 Å². The fraction of sp³-hybridized carbons (Fsp3) is 0.417. The van der Waals surface area contributed by atoms with Crippen molar-refractivity contribution in [3.63, 3.8) is 0 Å². The number of nitrogens with zero attached hydrogens (tertiary/aromatic N) is 2. The Morgan fingerprint density at radius 2 is 2.00 bits per heavy atom. The van der Waals surface area contributed by atoms with E-state index in [0.29, 0.717) is 0 Å². The van der Waals surface area contributed by atoms with E-state index in [4.69, 9.17) is 0 Å². The molecule has 1 aliphatic rings. The Balaban J connectivity index is 2.17. The van der Waals surface area contributed by atoms with Gasteiger partial charge in [0.1, 0.15) is 0 Å². The Kier molecular flexibility index (Phi) is 3.67. The van der Waals surface area contributed by atoms with Gasteiger partial charge in [0, 0.05) is 19.3 Å². The van der Waals surface area contributed by atoms with Crippen LogP contribution >= 0.6 is 11.8 Å². The predicted octanol–water partition coefficient (Wildman–Crippen LogP) is 3.13. The van der Waals surface area contributed by atoms with Crippen LogP contribution in [0.3, 0.4) is 0 Å². The molecule has 1 aliphatic heterocycles. The summed E-state index contributed by atoms with van der Waals surface area (Å²) < 4.78 is 0. The maximum absolute atomic E-state index is 4.66. The molecule has 0 amide bonds. The first kappa shape index (κ1) is 10.6. The van der Waals surface area contributed by atoms with Gasteiger partial charge in [-0.05, 0) is 25.0 Å². The third-order valence-corrected chi connectivity index (χ3v) is 3.58. The number of aliphatic imine (C=N–C) groups is 1. The van der Waals surface area contributed by atoms with Gasteiger partial charge in [0.25, 0.3) is 0 Å². The maximum atomic E-state index is 4.66. The van der Waals surface area contributed by atoms with Crippen LogP contribution in [0.25, 0.3) is 0 Å². The van der Waals surface area contributed by atoms with E-state index in [9.17, 15) is 0 Å². The summed E-state index contributed by atoms with van der Waals surface area (Å²) in [6.07, 6.45) is 2.57. The largest absolute Gasteiger partial charge is 0.354 e. The SMILES string of the molecule is CN1CCCCSC1=Nc1ccccc1. The number of para-hydroxylation sites is 1. The zero-order valence-corrected chi connectivity index (χ0v) is 9.83. The summed E-state index contributed by atoms with van der Waals surface area (Å²) in [6.45, 7) is 1.12. The van der Waals surface area contributed by atoms with Crippen LogP contribution < -0.4 is 0 Å². The monoisotopic (exact) mass is 220 g/mol. The standard InChI is InChI=1S/C12H16N2S/c1-14-9-5-6-10-15-12(14)13-11-7-3-2-4-8-11/h2-4,7-8H,5-6,9-10H2,1H3. The second-order valence-corrected chi connectivity index (χ2v) is 4.77. The summed E-state index contributed by atoms with van der Waals surface area (Å²) in [7, 11) is 2.13. The van der Waals surface area contributed by atoms with Crippen molar-refractivity contribution < 1.29 is 0 Å². The van der Waals surface area contributed by atoms with Crippen molar-refractivity contribution in [3.05, 3.63) is 30.3 Å². The van der Waals surface area contributed by atoms with E-state index >= 15 is 0 Å². The van der Waals surface area contributed by atoms with Crippen LogP contribution in [0, 0.1) is 0 Å². The van der Waals surface area contributed by atoms with E-state index in [2.05, 4.69) is 16.9 Å². The van der Waals surface area contributed by atoms with Gasteiger partial charge in [-0.3, -0.25) is 0 Å². The van der Waals surface area contributed by atoms with Gasteiger partial charge in [-0.15, -0.1) is 0 Å². The highest BCUT2D eigenvalue weighted by molar-refractivity contribution is 8.13. The number of benzene rings is 1. The molecular weight excluding hydrogens is 204 g/mol. The third kappa shape index (κ3) is 2.99. The molecule has 0 atom stereocenters. The van der Waals surface area contributed by atoms with Crippen LogP contribution in [-0.4, -0.2) is 29.4 Å². The number of hydrogen-bond acceptors (Lipinski definition) is 2. The quantitative estimate of drug-likeness (QED) is 0.722. The molecule has 0 aliphatic carbocycles. The second-order valence-electron chi connectivity index (χ2n) is 3.71. The molecule has 0 radical (unpaired) electrons. The molecule has 0 saturated carbocycles. The average Bonchev–Trinajstić information content (AvgIpc) is 2.46. The highest BCUT2D eigenvalue weighted by Gasteiger charge is 2.11. The van der Waals surface area contributed by atoms with Crippen molar-refractivity contribution in [2.45, 2.75) is 12.8 Å². The number of hydrogen-bond donors (Lipinski definition) is 0. The van der Waals surface area contributed by atoms with Crippen LogP contribution in [0.2, 0.25) is 0 Å². The first-order valence-electron chi connectivity index (χ1n) is 5.34. The maximum Gasteiger partial charge on any atom is 0.164 e. The van der Waals surface area contributed by atoms with Crippen molar-refractivity contribution in [1.82, 2.24) is 4.90 Å². The van der Waals surface area contributed by atoms with E-state index in [1.165, 1.54) is 18.6 Å². The first-order chi connectivity index (χ1) is 7.36. The van der Waals surface area contributed by atoms with Crippen molar-refractivity contribution >= 4 is 22.6 Å². The highest BCUT2D eigenvalue weighted by Crippen LogP contribution is 2.20. The lowest BCUT2D eigenvalue weighted by atomic mass is 10.3. The van der Waals surface area contributed by atoms with Gasteiger partial charge in [-0.1, -0.05) is 30.0 Å². The fourth-order valence-electron chi connectivity index (χ4n) is 1.55. The Bertz CT molecular complexity index is 335. The van der Waals surface area contributed by atoms with Gasteiger partial charge in [-0.25, -0.2) is 4.99 Å². The highest BCUT2D eigenvalue weighted by atomic mass is 32.2. The second kappa shape index (κ2) is 5.21. The molecule has 0 N–H and O–H groups in total. The van der Waals surface area contributed by atoms with Gasteiger partial charge in [0.2, 0.25) is 0 Å². The lowest BCUT2D eigenvalue weighted by molar-refractivity contribution is 0.499. The molecule has 0 aromatic heterocycles. The summed E-state index contributed by atoms with van der Waals surface area (Å²) in [4.78, 5) is 6.92. The Hall–Kier alpha value is -0.960. The van der Waals surface area contributed by atoms with Crippen molar-refractivity contribution in [2.24, 2.45) is 4.99 Å². The number of thioether (sulfide) groups is 1. The fourth-order valence-corrected chi connectivity index (χ4v) is 2.56. The average molecular weight is 220 g/mol. The molecule has 2 rings (SSSR count). The molecule has 0 bridgehead atoms. The van der Waals surface area contributed by atoms with E-state index in [1.54, 1.807) is 0 Å². The zero-order chi connectivity index (χ0) is 10.5. The molecule has 2 nitrogen and oxygen atoms in total. The Morgan fingerprint density at radius 1 is 1.20 bits per heavy atom. The van der Waals surface area contributed by atoms with Crippen molar-refractivity contribution in [1.29, 1.82) is 0 Å². The molecule has 0 spiro atoms. The van der Waals surface area contributed by atoms with E-state index in [1.807, 2.05) is 42.1 Å². The molecule has 1 heterocycles. The first-order valence-corrected chi connectivity index (χ1v) is 6.32. The van der Waals surface area contributed by atoms with E-state index < -0.39 is 0 Å². The molecule has 1 aromatic rings. The third-order valence-electron chi connectivity index (χ3n) is 2.43. The molecule has 1 fully saturated rings. The minimum atomic E-state index is 1.05. The van der Waals surface area contributed by atoms with Crippen molar-refractivity contribution in [2.75, 3.05) is 19.3 Å². The lowest BCUT2D eigenvalue weighted by Crippen LogP contribution is -2.23. The summed E-state index contributed by atoms with van der Waals surface area (Å²) in [6, 6.07) is 10.2. The summed E-state index contributed by atoms with van der Waals surface area (Å²) in [5.41, 5.74) is 1.05. The molecular formula is C12H16N2S. The normalized spacial score (nSPS) is 20.3. The van der Waals surface area contributed by atoms with Crippen LogP contribution in [0.4, 0.5) is 5.69 Å². The predicted molar refractivity (Wildman–Crippen MR) is 67.9 cm³/mol. The number of amidine groups is 1. The smallest absolute Gasteiger partial charge is 0.164 e. The zero-order valence-electron chi connectivity index (χ0n) is 9.02. The van der Waals surface area contributed by atoms with Crippen molar-refractivity contribution in [3.8, 4) is 0 Å². The topological polar surface area (TPSA) is 15.6 Å². The van der Waals surface area contributed by atoms with Gasteiger partial charge < -0.3 is 4.90 Å². The van der Waals surface area contributed by atoms with Crippen LogP contribution in [0.15, 0.2) is 35.3 Å². The van der Waals surface area contributed by atoms with Crippen LogP contribution in [0.1, 0.15) is 12.8 Å².